The third-order valence-corrected chi connectivity index (χ3v) is 7.44. The second-order valence-electron chi connectivity index (χ2n) is 7.21. The number of aliphatic imine (C=N–C) groups is 1. The smallest absolute Gasteiger partial charge is 0.239 e. The summed E-state index contributed by atoms with van der Waals surface area (Å²) in [4.78, 5) is 28.0. The Kier molecular flexibility index (Phi) is 11.0. The van der Waals surface area contributed by atoms with Crippen LogP contribution in [0.5, 0.6) is 0 Å². The van der Waals surface area contributed by atoms with E-state index in [9.17, 15) is 4.79 Å². The number of rotatable bonds is 7. The molecule has 0 aromatic carbocycles. The molecular weight excluding hydrogens is 519 g/mol. The molecular formula is C19H33IN6OS2. The lowest BCUT2D eigenvalue weighted by Gasteiger charge is -2.39. The monoisotopic (exact) mass is 552 g/mol. The van der Waals surface area contributed by atoms with E-state index in [4.69, 9.17) is 0 Å². The number of piperazine rings is 1. The number of thiazole rings is 1. The molecule has 1 aromatic rings. The van der Waals surface area contributed by atoms with E-state index in [0.29, 0.717) is 5.91 Å². The van der Waals surface area contributed by atoms with Crippen LogP contribution < -0.4 is 5.32 Å². The Labute approximate surface area is 199 Å². The van der Waals surface area contributed by atoms with Crippen molar-refractivity contribution >= 4 is 58.9 Å². The van der Waals surface area contributed by atoms with Crippen molar-refractivity contribution < 1.29 is 4.79 Å². The minimum Gasteiger partial charge on any atom is -0.356 e. The summed E-state index contributed by atoms with van der Waals surface area (Å²) in [6.45, 7) is 8.46. The number of likely N-dealkylation sites (tertiary alicyclic amines) is 1. The van der Waals surface area contributed by atoms with Crippen molar-refractivity contribution in [2.24, 2.45) is 4.99 Å². The quantitative estimate of drug-likeness (QED) is 0.184. The molecule has 0 saturated carbocycles. The summed E-state index contributed by atoms with van der Waals surface area (Å²) in [5.74, 6) is 2.32. The molecule has 0 spiro atoms. The molecule has 2 fully saturated rings. The van der Waals surface area contributed by atoms with Crippen molar-refractivity contribution in [1.82, 2.24) is 25.0 Å². The number of carbonyl (C=O) groups is 1. The molecule has 2 aliphatic heterocycles. The topological polar surface area (TPSA) is 64.1 Å². The van der Waals surface area contributed by atoms with E-state index in [-0.39, 0.29) is 30.0 Å². The summed E-state index contributed by atoms with van der Waals surface area (Å²) in [5.41, 5.74) is 0. The molecule has 3 heterocycles. The number of hydrogen-bond acceptors (Lipinski definition) is 6. The zero-order chi connectivity index (χ0) is 19.8. The van der Waals surface area contributed by atoms with Crippen molar-refractivity contribution in [2.75, 3.05) is 58.6 Å². The number of amides is 1. The molecule has 2 saturated heterocycles. The van der Waals surface area contributed by atoms with Crippen LogP contribution in [0.1, 0.15) is 26.2 Å². The number of carbonyl (C=O) groups excluding carboxylic acids is 1. The zero-order valence-corrected chi connectivity index (χ0v) is 21.3. The van der Waals surface area contributed by atoms with Gasteiger partial charge in [-0.15, -0.1) is 35.3 Å². The molecule has 0 bridgehead atoms. The molecule has 1 unspecified atom stereocenters. The highest BCUT2D eigenvalue weighted by Gasteiger charge is 2.30. The van der Waals surface area contributed by atoms with Gasteiger partial charge < -0.3 is 15.1 Å². The van der Waals surface area contributed by atoms with Gasteiger partial charge in [-0.25, -0.2) is 4.98 Å². The third kappa shape index (κ3) is 7.25. The van der Waals surface area contributed by atoms with Crippen LogP contribution in [0.25, 0.3) is 0 Å². The lowest BCUT2D eigenvalue weighted by Crippen LogP contribution is -2.57. The molecule has 2 aliphatic rings. The molecule has 1 N–H and O–H groups in total. The maximum absolute atomic E-state index is 12.6. The Morgan fingerprint density at radius 3 is 2.59 bits per heavy atom. The summed E-state index contributed by atoms with van der Waals surface area (Å²) >= 11 is 3.50. The first-order valence-electron chi connectivity index (χ1n) is 10.2. The molecule has 7 nitrogen and oxygen atoms in total. The molecule has 0 radical (unpaired) electrons. The van der Waals surface area contributed by atoms with Crippen LogP contribution in [0.2, 0.25) is 0 Å². The van der Waals surface area contributed by atoms with E-state index in [1.165, 1.54) is 0 Å². The van der Waals surface area contributed by atoms with Gasteiger partial charge in [0.1, 0.15) is 4.34 Å². The number of halogens is 1. The first kappa shape index (κ1) is 24.7. The summed E-state index contributed by atoms with van der Waals surface area (Å²) in [6.07, 6.45) is 5.23. The third-order valence-electron chi connectivity index (χ3n) is 5.39. The van der Waals surface area contributed by atoms with Crippen molar-refractivity contribution in [3.8, 4) is 0 Å². The molecule has 29 heavy (non-hydrogen) atoms. The van der Waals surface area contributed by atoms with Crippen LogP contribution in [0, 0.1) is 0 Å². The largest absolute Gasteiger partial charge is 0.356 e. The normalized spacial score (nSPS) is 19.2. The summed E-state index contributed by atoms with van der Waals surface area (Å²) in [5, 5.41) is 5.50. The summed E-state index contributed by atoms with van der Waals surface area (Å²) in [6, 6.07) is -0.0156. The standard InChI is InChI=1S/C19H32N6OS2.HI/c1-16(17(26)24-8-3-4-9-24)23-10-12-25(13-11-23)18(20-2)21-6-5-14-27-19-22-7-15-28-19;/h7,15-16H,3-6,8-14H2,1-2H3,(H,20,21);1H. The van der Waals surface area contributed by atoms with Gasteiger partial charge in [0.25, 0.3) is 0 Å². The van der Waals surface area contributed by atoms with Crippen molar-refractivity contribution in [1.29, 1.82) is 0 Å². The highest BCUT2D eigenvalue weighted by atomic mass is 127. The van der Waals surface area contributed by atoms with Gasteiger partial charge in [-0.2, -0.15) is 0 Å². The molecule has 1 amide bonds. The average molecular weight is 553 g/mol. The molecule has 1 atom stereocenters. The predicted octanol–water partition coefficient (Wildman–Crippen LogP) is 2.45. The number of aromatic nitrogens is 1. The fraction of sp³-hybridized carbons (Fsp3) is 0.737. The number of hydrogen-bond donors (Lipinski definition) is 1. The second kappa shape index (κ2) is 13.0. The number of nitrogens with one attached hydrogen (secondary N) is 1. The van der Waals surface area contributed by atoms with Gasteiger partial charge in [-0.1, -0.05) is 11.8 Å². The number of guanidine groups is 1. The minimum absolute atomic E-state index is 0. The maximum Gasteiger partial charge on any atom is 0.239 e. The summed E-state index contributed by atoms with van der Waals surface area (Å²) < 4.78 is 1.14. The lowest BCUT2D eigenvalue weighted by molar-refractivity contribution is -0.135. The van der Waals surface area contributed by atoms with E-state index in [2.05, 4.69) is 32.0 Å². The van der Waals surface area contributed by atoms with Gasteiger partial charge >= 0.3 is 0 Å². The Balaban J connectivity index is 0.00000300. The van der Waals surface area contributed by atoms with Crippen LogP contribution in [0.15, 0.2) is 20.9 Å². The van der Waals surface area contributed by atoms with Gasteiger partial charge in [-0.3, -0.25) is 14.7 Å². The Bertz CT molecular complexity index is 631. The number of nitrogens with zero attached hydrogens (tertiary/aromatic N) is 5. The Hall–Kier alpha value is -0.590. The zero-order valence-electron chi connectivity index (χ0n) is 17.4. The molecule has 3 rings (SSSR count). The highest BCUT2D eigenvalue weighted by molar-refractivity contribution is 14.0. The predicted molar refractivity (Wildman–Crippen MR) is 133 cm³/mol. The van der Waals surface area contributed by atoms with Crippen LogP contribution in [0.3, 0.4) is 0 Å². The van der Waals surface area contributed by atoms with Crippen LogP contribution in [0.4, 0.5) is 0 Å². The molecule has 1 aromatic heterocycles. The maximum atomic E-state index is 12.6. The Morgan fingerprint density at radius 2 is 1.97 bits per heavy atom. The molecule has 10 heteroatoms. The van der Waals surface area contributed by atoms with Crippen molar-refractivity contribution in [3.05, 3.63) is 11.6 Å². The van der Waals surface area contributed by atoms with E-state index in [0.717, 1.165) is 81.1 Å². The van der Waals surface area contributed by atoms with E-state index in [1.807, 2.05) is 35.3 Å². The van der Waals surface area contributed by atoms with E-state index >= 15 is 0 Å². The van der Waals surface area contributed by atoms with Crippen LogP contribution >= 0.6 is 47.1 Å². The van der Waals surface area contributed by atoms with Crippen LogP contribution in [-0.4, -0.2) is 96.2 Å². The first-order valence-corrected chi connectivity index (χ1v) is 12.1. The lowest BCUT2D eigenvalue weighted by atomic mass is 10.2. The van der Waals surface area contributed by atoms with E-state index in [1.54, 1.807) is 11.3 Å². The van der Waals surface area contributed by atoms with Gasteiger partial charge in [0.2, 0.25) is 5.91 Å². The minimum atomic E-state index is -0.0156. The van der Waals surface area contributed by atoms with Crippen molar-refractivity contribution in [2.45, 2.75) is 36.6 Å². The van der Waals surface area contributed by atoms with Gasteiger partial charge in [0.05, 0.1) is 6.04 Å². The van der Waals surface area contributed by atoms with Gasteiger partial charge in [-0.05, 0) is 26.2 Å². The van der Waals surface area contributed by atoms with Gasteiger partial charge in [0.15, 0.2) is 5.96 Å². The van der Waals surface area contributed by atoms with Crippen molar-refractivity contribution in [3.63, 3.8) is 0 Å². The van der Waals surface area contributed by atoms with Gasteiger partial charge in [0, 0.05) is 70.2 Å². The fourth-order valence-electron chi connectivity index (χ4n) is 3.72. The summed E-state index contributed by atoms with van der Waals surface area (Å²) in [7, 11) is 1.85. The van der Waals surface area contributed by atoms with Crippen LogP contribution in [-0.2, 0) is 4.79 Å². The first-order chi connectivity index (χ1) is 13.7. The second-order valence-corrected chi connectivity index (χ2v) is 9.44. The SMILES string of the molecule is CN=C(NCCCSc1nccs1)N1CCN(C(C)C(=O)N2CCCC2)CC1.I. The molecule has 164 valence electrons. The van der Waals surface area contributed by atoms with E-state index < -0.39 is 0 Å². The number of thioether (sulfide) groups is 1. The molecule has 0 aliphatic carbocycles. The highest BCUT2D eigenvalue weighted by Crippen LogP contribution is 2.20. The average Bonchev–Trinajstić information content (AvgIpc) is 3.44. The fourth-order valence-corrected chi connectivity index (χ4v) is 5.37. The Morgan fingerprint density at radius 1 is 1.24 bits per heavy atom.